The molecule has 178 valence electrons. The molecule has 4 N–H and O–H groups in total. The Morgan fingerprint density at radius 1 is 0.971 bits per heavy atom. The smallest absolute Gasteiger partial charge is 0.225 e. The van der Waals surface area contributed by atoms with Crippen LogP contribution in [0.2, 0.25) is 0 Å². The highest BCUT2D eigenvalue weighted by atomic mass is 16.3. The van der Waals surface area contributed by atoms with Gasteiger partial charge in [-0.3, -0.25) is 9.36 Å². The number of benzene rings is 1. The molecule has 0 amide bonds. The topological polar surface area (TPSA) is 144 Å². The van der Waals surface area contributed by atoms with E-state index in [-0.39, 0.29) is 6.61 Å². The largest absolute Gasteiger partial charge is 0.390 e. The average molecular weight is 464 g/mol. The molecule has 4 aromatic rings. The Labute approximate surface area is 196 Å². The lowest BCUT2D eigenvalue weighted by Crippen LogP contribution is -2.35. The minimum absolute atomic E-state index is 0.101. The van der Waals surface area contributed by atoms with Crippen molar-refractivity contribution in [1.82, 2.24) is 45.3 Å². The number of hydrogen-bond donors (Lipinski definition) is 4. The van der Waals surface area contributed by atoms with Gasteiger partial charge in [0.1, 0.15) is 17.2 Å². The molecule has 0 radical (unpaired) electrons. The van der Waals surface area contributed by atoms with Gasteiger partial charge in [0.15, 0.2) is 0 Å². The van der Waals surface area contributed by atoms with Gasteiger partial charge in [0, 0.05) is 24.5 Å². The second kappa shape index (κ2) is 10.5. The number of fused-ring (bicyclic) bond motifs is 1. The number of para-hydroxylation sites is 1. The summed E-state index contributed by atoms with van der Waals surface area (Å²) in [5.74, 6) is 1.43. The van der Waals surface area contributed by atoms with Crippen LogP contribution in [0.3, 0.4) is 0 Å². The highest BCUT2D eigenvalue weighted by molar-refractivity contribution is 5.90. The molecule has 0 unspecified atom stereocenters. The zero-order valence-corrected chi connectivity index (χ0v) is 18.9. The van der Waals surface area contributed by atoms with E-state index in [1.54, 1.807) is 10.9 Å². The van der Waals surface area contributed by atoms with Gasteiger partial charge in [-0.15, -0.1) is 10.2 Å². The first-order valence-corrected chi connectivity index (χ1v) is 11.6. The second-order valence-electron chi connectivity index (χ2n) is 8.39. The fraction of sp³-hybridized carbons (Fsp3) is 0.455. The van der Waals surface area contributed by atoms with Crippen LogP contribution in [0, 0.1) is 0 Å². The van der Waals surface area contributed by atoms with Gasteiger partial charge in [-0.25, -0.2) is 4.98 Å². The predicted octanol–water partition coefficient (Wildman–Crippen LogP) is 1.17. The Morgan fingerprint density at radius 2 is 1.71 bits per heavy atom. The molecule has 12 heteroatoms. The van der Waals surface area contributed by atoms with Gasteiger partial charge in [-0.1, -0.05) is 22.6 Å². The van der Waals surface area contributed by atoms with E-state index in [1.165, 1.54) is 0 Å². The molecule has 5 rings (SSSR count). The van der Waals surface area contributed by atoms with E-state index in [4.69, 9.17) is 10.1 Å². The van der Waals surface area contributed by atoms with E-state index in [0.29, 0.717) is 37.3 Å². The normalized spacial score (nSPS) is 14.5. The third-order valence-corrected chi connectivity index (χ3v) is 5.82. The molecule has 34 heavy (non-hydrogen) atoms. The van der Waals surface area contributed by atoms with Crippen molar-refractivity contribution < 1.29 is 5.11 Å². The molecule has 0 spiro atoms. The SMILES string of the molecule is OCc1cn(CCCn2cc(CNc3nc(NC4CCNCC4)c4ccccc4n3)nn2)nn1. The van der Waals surface area contributed by atoms with Crippen LogP contribution in [0.1, 0.15) is 30.7 Å². The van der Waals surface area contributed by atoms with Crippen molar-refractivity contribution in [3.8, 4) is 0 Å². The molecular weight excluding hydrogens is 434 g/mol. The first-order chi connectivity index (χ1) is 16.8. The van der Waals surface area contributed by atoms with Crippen LogP contribution in [0.5, 0.6) is 0 Å². The molecule has 3 aromatic heterocycles. The van der Waals surface area contributed by atoms with E-state index < -0.39 is 0 Å². The molecule has 0 saturated carbocycles. The fourth-order valence-corrected chi connectivity index (χ4v) is 4.04. The molecule has 4 heterocycles. The summed E-state index contributed by atoms with van der Waals surface area (Å²) in [6, 6.07) is 8.46. The van der Waals surface area contributed by atoms with E-state index in [9.17, 15) is 0 Å². The van der Waals surface area contributed by atoms with Crippen molar-refractivity contribution in [3.63, 3.8) is 0 Å². The fourth-order valence-electron chi connectivity index (χ4n) is 4.04. The Kier molecular flexibility index (Phi) is 6.86. The van der Waals surface area contributed by atoms with Crippen LogP contribution in [-0.2, 0) is 26.2 Å². The Balaban J connectivity index is 1.19. The summed E-state index contributed by atoms with van der Waals surface area (Å²) < 4.78 is 3.53. The average Bonchev–Trinajstić information content (AvgIpc) is 3.53. The maximum Gasteiger partial charge on any atom is 0.225 e. The lowest BCUT2D eigenvalue weighted by Gasteiger charge is -2.25. The van der Waals surface area contributed by atoms with Gasteiger partial charge in [0.25, 0.3) is 0 Å². The quantitative estimate of drug-likeness (QED) is 0.270. The third kappa shape index (κ3) is 5.46. The van der Waals surface area contributed by atoms with Crippen LogP contribution >= 0.6 is 0 Å². The number of rotatable bonds is 10. The van der Waals surface area contributed by atoms with Gasteiger partial charge < -0.3 is 21.1 Å². The molecule has 1 saturated heterocycles. The van der Waals surface area contributed by atoms with Gasteiger partial charge >= 0.3 is 0 Å². The standard InChI is InChI=1S/C22H29N11O/c34-15-18-14-33(31-29-18)11-3-10-32-13-17(28-30-32)12-24-22-26-20-5-2-1-4-19(20)21(27-22)25-16-6-8-23-9-7-16/h1-2,4-5,13-14,16,23,34H,3,6-12,15H2,(H2,24,25,26,27). The lowest BCUT2D eigenvalue weighted by atomic mass is 10.1. The van der Waals surface area contributed by atoms with E-state index >= 15 is 0 Å². The molecule has 0 aliphatic carbocycles. The van der Waals surface area contributed by atoms with Crippen LogP contribution in [-0.4, -0.2) is 64.2 Å². The van der Waals surface area contributed by atoms with E-state index in [0.717, 1.165) is 54.8 Å². The van der Waals surface area contributed by atoms with Crippen LogP contribution in [0.15, 0.2) is 36.7 Å². The number of hydrogen-bond acceptors (Lipinski definition) is 10. The minimum Gasteiger partial charge on any atom is -0.390 e. The van der Waals surface area contributed by atoms with Gasteiger partial charge in [0.2, 0.25) is 5.95 Å². The van der Waals surface area contributed by atoms with Gasteiger partial charge in [-0.05, 0) is 44.5 Å². The van der Waals surface area contributed by atoms with Crippen molar-refractivity contribution in [2.75, 3.05) is 23.7 Å². The molecule has 12 nitrogen and oxygen atoms in total. The summed E-state index contributed by atoms with van der Waals surface area (Å²) in [6.07, 6.45) is 6.63. The van der Waals surface area contributed by atoms with Crippen molar-refractivity contribution in [2.45, 2.75) is 51.5 Å². The maximum absolute atomic E-state index is 9.07. The van der Waals surface area contributed by atoms with Gasteiger partial charge in [0.05, 0.1) is 31.1 Å². The Hall–Kier alpha value is -3.64. The summed E-state index contributed by atoms with van der Waals surface area (Å²) in [6.45, 7) is 3.81. The summed E-state index contributed by atoms with van der Waals surface area (Å²) in [7, 11) is 0. The zero-order chi connectivity index (χ0) is 23.2. The zero-order valence-electron chi connectivity index (χ0n) is 18.9. The van der Waals surface area contributed by atoms with E-state index in [1.807, 2.05) is 29.1 Å². The molecule has 0 atom stereocenters. The van der Waals surface area contributed by atoms with Crippen molar-refractivity contribution in [2.24, 2.45) is 0 Å². The molecule has 1 aliphatic heterocycles. The Bertz CT molecular complexity index is 1210. The number of nitrogens with one attached hydrogen (secondary N) is 3. The van der Waals surface area contributed by atoms with Crippen molar-refractivity contribution in [1.29, 1.82) is 0 Å². The van der Waals surface area contributed by atoms with E-state index in [2.05, 4.69) is 47.6 Å². The number of nitrogens with zero attached hydrogens (tertiary/aromatic N) is 8. The molecule has 0 bridgehead atoms. The lowest BCUT2D eigenvalue weighted by molar-refractivity contribution is 0.276. The highest BCUT2D eigenvalue weighted by Crippen LogP contribution is 2.24. The molecular formula is C22H29N11O. The minimum atomic E-state index is -0.101. The summed E-state index contributed by atoms with van der Waals surface area (Å²) in [4.78, 5) is 9.45. The summed E-state index contributed by atoms with van der Waals surface area (Å²) >= 11 is 0. The van der Waals surface area contributed by atoms with Crippen LogP contribution in [0.4, 0.5) is 11.8 Å². The number of aryl methyl sites for hydroxylation is 2. The van der Waals surface area contributed by atoms with Crippen LogP contribution in [0.25, 0.3) is 10.9 Å². The highest BCUT2D eigenvalue weighted by Gasteiger charge is 2.16. The third-order valence-electron chi connectivity index (χ3n) is 5.82. The first kappa shape index (κ1) is 22.2. The maximum atomic E-state index is 9.07. The monoisotopic (exact) mass is 463 g/mol. The number of aliphatic hydroxyl groups is 1. The summed E-state index contributed by atoms with van der Waals surface area (Å²) in [5, 5.41) is 36.7. The summed E-state index contributed by atoms with van der Waals surface area (Å²) in [5.41, 5.74) is 2.28. The predicted molar refractivity (Wildman–Crippen MR) is 127 cm³/mol. The molecule has 1 fully saturated rings. The number of aliphatic hydroxyl groups excluding tert-OH is 1. The number of aromatic nitrogens is 8. The molecule has 1 aliphatic rings. The second-order valence-corrected chi connectivity index (χ2v) is 8.39. The first-order valence-electron chi connectivity index (χ1n) is 11.6. The van der Waals surface area contributed by atoms with Gasteiger partial charge in [-0.2, -0.15) is 4.98 Å². The molecule has 1 aromatic carbocycles. The van der Waals surface area contributed by atoms with Crippen molar-refractivity contribution >= 4 is 22.7 Å². The van der Waals surface area contributed by atoms with Crippen molar-refractivity contribution in [3.05, 3.63) is 48.0 Å². The number of anilines is 2. The van der Waals surface area contributed by atoms with Crippen LogP contribution < -0.4 is 16.0 Å². The Morgan fingerprint density at radius 3 is 2.47 bits per heavy atom. The number of piperidine rings is 1.